The van der Waals surface area contributed by atoms with Gasteiger partial charge in [-0.15, -0.1) is 0 Å². The molecule has 1 unspecified atom stereocenters. The van der Waals surface area contributed by atoms with Gasteiger partial charge in [0.05, 0.1) is 10.6 Å². The Hall–Kier alpha value is -1.85. The first-order valence-corrected chi connectivity index (χ1v) is 8.73. The van der Waals surface area contributed by atoms with E-state index in [1.165, 1.54) is 25.0 Å². The zero-order chi connectivity index (χ0) is 17.1. The van der Waals surface area contributed by atoms with Gasteiger partial charge in [-0.1, -0.05) is 49.3 Å². The Bertz CT molecular complexity index is 815. The van der Waals surface area contributed by atoms with Gasteiger partial charge < -0.3 is 0 Å². The standard InChI is InChI=1S/C21H19ClF2/c1-2-3-14-5-10-18-17(12-14)9-8-16(21(18)24)7-4-15-6-11-19(22)20(23)13-15/h6,8-9,11,13-14H,2-3,5,10,12H2,1H3. The van der Waals surface area contributed by atoms with Crippen LogP contribution in [0.4, 0.5) is 8.78 Å². The van der Waals surface area contributed by atoms with E-state index in [1.54, 1.807) is 12.1 Å². The van der Waals surface area contributed by atoms with Crippen LogP contribution in [0, 0.1) is 29.4 Å². The largest absolute Gasteiger partial charge is 0.205 e. The highest BCUT2D eigenvalue weighted by atomic mass is 35.5. The summed E-state index contributed by atoms with van der Waals surface area (Å²) in [7, 11) is 0. The fourth-order valence-corrected chi connectivity index (χ4v) is 3.47. The molecule has 24 heavy (non-hydrogen) atoms. The van der Waals surface area contributed by atoms with Gasteiger partial charge in [-0.3, -0.25) is 0 Å². The van der Waals surface area contributed by atoms with Crippen LogP contribution in [0.1, 0.15) is 48.4 Å². The molecular weight excluding hydrogens is 326 g/mol. The molecule has 0 nitrogen and oxygen atoms in total. The lowest BCUT2D eigenvalue weighted by Crippen LogP contribution is -2.16. The normalized spacial score (nSPS) is 16.2. The van der Waals surface area contributed by atoms with Gasteiger partial charge in [0.1, 0.15) is 11.6 Å². The van der Waals surface area contributed by atoms with Crippen molar-refractivity contribution in [3.05, 3.63) is 69.2 Å². The molecule has 0 N–H and O–H groups in total. The van der Waals surface area contributed by atoms with Crippen molar-refractivity contribution in [3.63, 3.8) is 0 Å². The molecule has 0 heterocycles. The molecule has 124 valence electrons. The van der Waals surface area contributed by atoms with Gasteiger partial charge in [0.2, 0.25) is 0 Å². The average molecular weight is 345 g/mol. The molecule has 0 amide bonds. The molecule has 2 aromatic rings. The van der Waals surface area contributed by atoms with Crippen LogP contribution < -0.4 is 0 Å². The predicted molar refractivity (Wildman–Crippen MR) is 94.2 cm³/mol. The quantitative estimate of drug-likeness (QED) is 0.593. The minimum atomic E-state index is -0.517. The fourth-order valence-electron chi connectivity index (χ4n) is 3.35. The van der Waals surface area contributed by atoms with Gasteiger partial charge in [-0.05, 0) is 60.6 Å². The van der Waals surface area contributed by atoms with Crippen LogP contribution in [-0.2, 0) is 12.8 Å². The summed E-state index contributed by atoms with van der Waals surface area (Å²) in [5.74, 6) is 5.57. The molecule has 1 aliphatic rings. The van der Waals surface area contributed by atoms with E-state index in [1.807, 2.05) is 6.07 Å². The first kappa shape index (κ1) is 17.0. The third kappa shape index (κ3) is 3.62. The Morgan fingerprint density at radius 3 is 2.75 bits per heavy atom. The first-order chi connectivity index (χ1) is 11.6. The van der Waals surface area contributed by atoms with Crippen molar-refractivity contribution in [3.8, 4) is 11.8 Å². The van der Waals surface area contributed by atoms with Crippen molar-refractivity contribution in [2.45, 2.75) is 39.0 Å². The van der Waals surface area contributed by atoms with E-state index in [-0.39, 0.29) is 10.8 Å². The van der Waals surface area contributed by atoms with Gasteiger partial charge in [-0.25, -0.2) is 8.78 Å². The highest BCUT2D eigenvalue weighted by molar-refractivity contribution is 6.30. The Kier molecular flexibility index (Phi) is 5.21. The molecule has 0 saturated carbocycles. The summed E-state index contributed by atoms with van der Waals surface area (Å²) in [4.78, 5) is 0. The van der Waals surface area contributed by atoms with E-state index < -0.39 is 5.82 Å². The molecule has 0 spiro atoms. The van der Waals surface area contributed by atoms with E-state index in [9.17, 15) is 8.78 Å². The second-order valence-corrected chi connectivity index (χ2v) is 6.75. The smallest absolute Gasteiger partial charge is 0.143 e. The van der Waals surface area contributed by atoms with Crippen molar-refractivity contribution in [2.24, 2.45) is 5.92 Å². The van der Waals surface area contributed by atoms with E-state index in [4.69, 9.17) is 11.6 Å². The first-order valence-electron chi connectivity index (χ1n) is 8.35. The molecule has 0 radical (unpaired) electrons. The maximum absolute atomic E-state index is 14.7. The van der Waals surface area contributed by atoms with Crippen molar-refractivity contribution >= 4 is 11.6 Å². The van der Waals surface area contributed by atoms with Crippen LogP contribution in [0.2, 0.25) is 5.02 Å². The van der Waals surface area contributed by atoms with Gasteiger partial charge in [-0.2, -0.15) is 0 Å². The predicted octanol–water partition coefficient (Wildman–Crippen LogP) is 5.92. The van der Waals surface area contributed by atoms with E-state index in [2.05, 4.69) is 18.8 Å². The number of halogens is 3. The molecule has 0 fully saturated rings. The Morgan fingerprint density at radius 2 is 2.00 bits per heavy atom. The second kappa shape index (κ2) is 7.36. The molecule has 0 aliphatic heterocycles. The molecule has 3 heteroatoms. The summed E-state index contributed by atoms with van der Waals surface area (Å²) in [5.41, 5.74) is 2.77. The zero-order valence-corrected chi connectivity index (χ0v) is 14.4. The number of rotatable bonds is 2. The average Bonchev–Trinajstić information content (AvgIpc) is 2.57. The van der Waals surface area contributed by atoms with Crippen LogP contribution in [0.3, 0.4) is 0 Å². The molecule has 3 rings (SSSR count). The Balaban J connectivity index is 1.86. The van der Waals surface area contributed by atoms with Crippen LogP contribution in [0.25, 0.3) is 0 Å². The topological polar surface area (TPSA) is 0 Å². The maximum Gasteiger partial charge on any atom is 0.143 e. The minimum Gasteiger partial charge on any atom is -0.205 e. The third-order valence-corrected chi connectivity index (χ3v) is 4.92. The lowest BCUT2D eigenvalue weighted by molar-refractivity contribution is 0.414. The van der Waals surface area contributed by atoms with Gasteiger partial charge in [0.15, 0.2) is 0 Å². The lowest BCUT2D eigenvalue weighted by Gasteiger charge is -2.25. The van der Waals surface area contributed by atoms with Crippen molar-refractivity contribution < 1.29 is 8.78 Å². The zero-order valence-electron chi connectivity index (χ0n) is 13.6. The summed E-state index contributed by atoms with van der Waals surface area (Å²) in [6, 6.07) is 8.08. The highest BCUT2D eigenvalue weighted by Crippen LogP contribution is 2.31. The Morgan fingerprint density at radius 1 is 1.17 bits per heavy atom. The van der Waals surface area contributed by atoms with Crippen LogP contribution in [0.5, 0.6) is 0 Å². The molecule has 0 saturated heterocycles. The van der Waals surface area contributed by atoms with Crippen molar-refractivity contribution in [1.29, 1.82) is 0 Å². The SMILES string of the molecule is CCCC1CCc2c(ccc(C#Cc3ccc(Cl)c(F)c3)c2F)C1. The van der Waals surface area contributed by atoms with E-state index >= 15 is 0 Å². The molecular formula is C21H19ClF2. The summed E-state index contributed by atoms with van der Waals surface area (Å²) in [5, 5.41) is 0.0575. The summed E-state index contributed by atoms with van der Waals surface area (Å²) < 4.78 is 28.2. The number of benzene rings is 2. The van der Waals surface area contributed by atoms with Gasteiger partial charge in [0, 0.05) is 5.56 Å². The fraction of sp³-hybridized carbons (Fsp3) is 0.333. The minimum absolute atomic E-state index is 0.0575. The monoisotopic (exact) mass is 344 g/mol. The Labute approximate surface area is 146 Å². The summed E-state index contributed by atoms with van der Waals surface area (Å²) >= 11 is 5.65. The second-order valence-electron chi connectivity index (χ2n) is 6.34. The van der Waals surface area contributed by atoms with Gasteiger partial charge in [0.25, 0.3) is 0 Å². The molecule has 0 bridgehead atoms. The summed E-state index contributed by atoms with van der Waals surface area (Å²) in [6.45, 7) is 2.19. The maximum atomic E-state index is 14.7. The third-order valence-electron chi connectivity index (χ3n) is 4.61. The molecule has 0 aromatic heterocycles. The van der Waals surface area contributed by atoms with Crippen LogP contribution >= 0.6 is 11.6 Å². The van der Waals surface area contributed by atoms with E-state index in [0.717, 1.165) is 30.4 Å². The molecule has 1 atom stereocenters. The lowest BCUT2D eigenvalue weighted by atomic mass is 9.81. The van der Waals surface area contributed by atoms with Crippen LogP contribution in [-0.4, -0.2) is 0 Å². The number of fused-ring (bicyclic) bond motifs is 1. The van der Waals surface area contributed by atoms with E-state index in [0.29, 0.717) is 17.0 Å². The van der Waals surface area contributed by atoms with Crippen LogP contribution in [0.15, 0.2) is 30.3 Å². The number of hydrogen-bond donors (Lipinski definition) is 0. The van der Waals surface area contributed by atoms with Gasteiger partial charge >= 0.3 is 0 Å². The van der Waals surface area contributed by atoms with Crippen molar-refractivity contribution in [1.82, 2.24) is 0 Å². The van der Waals surface area contributed by atoms with Crippen molar-refractivity contribution in [2.75, 3.05) is 0 Å². The molecule has 1 aliphatic carbocycles. The summed E-state index contributed by atoms with van der Waals surface area (Å²) in [6.07, 6.45) is 5.14. The highest BCUT2D eigenvalue weighted by Gasteiger charge is 2.21. The number of hydrogen-bond acceptors (Lipinski definition) is 0. The molecule has 2 aromatic carbocycles.